The number of halogens is 1. The van der Waals surface area contributed by atoms with Crippen LogP contribution in [-0.4, -0.2) is 32.6 Å². The summed E-state index contributed by atoms with van der Waals surface area (Å²) in [6.45, 7) is 7.11. The molecule has 0 spiro atoms. The quantitative estimate of drug-likeness (QED) is 0.480. The van der Waals surface area contributed by atoms with Crippen molar-refractivity contribution in [2.75, 3.05) is 11.9 Å². The van der Waals surface area contributed by atoms with E-state index in [1.54, 1.807) is 35.1 Å². The molecule has 0 saturated heterocycles. The molecule has 0 radical (unpaired) electrons. The van der Waals surface area contributed by atoms with E-state index in [9.17, 15) is 9.18 Å². The molecule has 2 heterocycles. The highest BCUT2D eigenvalue weighted by molar-refractivity contribution is 5.96. The lowest BCUT2D eigenvalue weighted by Gasteiger charge is -2.18. The third kappa shape index (κ3) is 4.05. The fourth-order valence-corrected chi connectivity index (χ4v) is 3.11. The van der Waals surface area contributed by atoms with Crippen LogP contribution in [-0.2, 0) is 0 Å². The van der Waals surface area contributed by atoms with Crippen molar-refractivity contribution in [1.29, 1.82) is 0 Å². The number of hydrogen-bond donors (Lipinski definition) is 1. The smallest absolute Gasteiger partial charge is 0.223 e. The molecule has 0 unspecified atom stereocenters. The molecule has 1 N–H and O–H groups in total. The van der Waals surface area contributed by atoms with Gasteiger partial charge in [-0.2, -0.15) is 5.10 Å². The van der Waals surface area contributed by atoms with Gasteiger partial charge in [-0.15, -0.1) is 0 Å². The summed E-state index contributed by atoms with van der Waals surface area (Å²) in [5, 5.41) is 8.78. The van der Waals surface area contributed by atoms with E-state index in [1.807, 2.05) is 12.1 Å². The lowest BCUT2D eigenvalue weighted by Crippen LogP contribution is -2.20. The van der Waals surface area contributed by atoms with Crippen LogP contribution in [0.2, 0.25) is 0 Å². The first-order valence-electron chi connectivity index (χ1n) is 9.65. The topological polar surface area (TPSA) is 72.7 Å². The molecule has 2 aromatic carbocycles. The molecule has 4 rings (SSSR count). The van der Waals surface area contributed by atoms with Crippen LogP contribution in [0.4, 0.5) is 10.3 Å². The molecule has 0 fully saturated rings. The van der Waals surface area contributed by atoms with E-state index < -0.39 is 0 Å². The average molecular weight is 403 g/mol. The van der Waals surface area contributed by atoms with E-state index in [4.69, 9.17) is 0 Å². The van der Waals surface area contributed by atoms with Crippen LogP contribution >= 0.6 is 0 Å². The van der Waals surface area contributed by atoms with Crippen molar-refractivity contribution in [2.24, 2.45) is 5.41 Å². The number of nitrogens with zero attached hydrogens (tertiary/aromatic N) is 4. The molecule has 30 heavy (non-hydrogen) atoms. The molecule has 0 atom stereocenters. The Kier molecular flexibility index (Phi) is 5.03. The number of carbonyl (C=O) groups is 1. The molecule has 152 valence electrons. The fraction of sp³-hybridized carbons (Fsp3) is 0.217. The zero-order valence-corrected chi connectivity index (χ0v) is 17.1. The number of aldehydes is 1. The van der Waals surface area contributed by atoms with E-state index >= 15 is 0 Å². The number of fused-ring (bicyclic) bond motifs is 1. The number of hydrogen-bond acceptors (Lipinski definition) is 5. The largest absolute Gasteiger partial charge is 0.354 e. The monoisotopic (exact) mass is 403 g/mol. The van der Waals surface area contributed by atoms with Crippen molar-refractivity contribution in [1.82, 2.24) is 19.7 Å². The maximum Gasteiger partial charge on any atom is 0.223 e. The van der Waals surface area contributed by atoms with Crippen LogP contribution in [0, 0.1) is 11.2 Å². The van der Waals surface area contributed by atoms with Crippen LogP contribution in [0.5, 0.6) is 0 Å². The van der Waals surface area contributed by atoms with E-state index in [1.165, 1.54) is 12.1 Å². The van der Waals surface area contributed by atoms with E-state index in [0.29, 0.717) is 28.4 Å². The number of carbonyl (C=O) groups excluding carboxylic acids is 1. The van der Waals surface area contributed by atoms with Crippen LogP contribution in [0.1, 0.15) is 31.1 Å². The third-order valence-corrected chi connectivity index (χ3v) is 4.58. The van der Waals surface area contributed by atoms with Crippen molar-refractivity contribution in [2.45, 2.75) is 20.8 Å². The van der Waals surface area contributed by atoms with E-state index in [0.717, 1.165) is 23.9 Å². The summed E-state index contributed by atoms with van der Waals surface area (Å²) in [6, 6.07) is 13.2. The summed E-state index contributed by atoms with van der Waals surface area (Å²) in [4.78, 5) is 20.2. The Morgan fingerprint density at radius 1 is 1.10 bits per heavy atom. The Hall–Kier alpha value is -3.61. The first kappa shape index (κ1) is 19.7. The zero-order chi connectivity index (χ0) is 21.3. The Morgan fingerprint density at radius 3 is 2.57 bits per heavy atom. The lowest BCUT2D eigenvalue weighted by molar-refractivity contribution is 0.112. The minimum atomic E-state index is -0.323. The van der Waals surface area contributed by atoms with Crippen molar-refractivity contribution >= 4 is 23.1 Å². The van der Waals surface area contributed by atoms with Crippen molar-refractivity contribution in [3.63, 3.8) is 0 Å². The highest BCUT2D eigenvalue weighted by Crippen LogP contribution is 2.31. The molecule has 4 aromatic rings. The van der Waals surface area contributed by atoms with Gasteiger partial charge in [0.1, 0.15) is 17.8 Å². The predicted octanol–water partition coefficient (Wildman–Crippen LogP) is 4.89. The predicted molar refractivity (Wildman–Crippen MR) is 115 cm³/mol. The second-order valence-electron chi connectivity index (χ2n) is 8.31. The Labute approximate surface area is 173 Å². The lowest BCUT2D eigenvalue weighted by atomic mass is 9.97. The summed E-state index contributed by atoms with van der Waals surface area (Å²) in [5.41, 5.74) is 3.38. The molecular weight excluding hydrogens is 381 g/mol. The fourth-order valence-electron chi connectivity index (χ4n) is 3.11. The highest BCUT2D eigenvalue weighted by Gasteiger charge is 2.18. The van der Waals surface area contributed by atoms with Gasteiger partial charge in [-0.05, 0) is 47.9 Å². The maximum atomic E-state index is 13.5. The minimum Gasteiger partial charge on any atom is -0.354 e. The van der Waals surface area contributed by atoms with Crippen molar-refractivity contribution in [3.05, 3.63) is 66.1 Å². The number of aromatic nitrogens is 4. The maximum absolute atomic E-state index is 13.5. The molecule has 0 aliphatic carbocycles. The first-order chi connectivity index (χ1) is 14.3. The SMILES string of the molecule is CC(C)(C)CNc1nccc(-c2c3ccc(C=O)cc3nn2-c2ccc(F)cc2)n1. The Balaban J connectivity index is 1.87. The molecular formula is C23H22FN5O. The van der Waals surface area contributed by atoms with Crippen molar-refractivity contribution in [3.8, 4) is 17.1 Å². The average Bonchev–Trinajstić information content (AvgIpc) is 3.11. The van der Waals surface area contributed by atoms with E-state index in [-0.39, 0.29) is 11.2 Å². The molecule has 0 aliphatic heterocycles. The molecule has 7 heteroatoms. The van der Waals surface area contributed by atoms with Gasteiger partial charge in [0.15, 0.2) is 0 Å². The zero-order valence-electron chi connectivity index (χ0n) is 17.1. The van der Waals surface area contributed by atoms with Gasteiger partial charge in [-0.3, -0.25) is 4.79 Å². The second kappa shape index (κ2) is 7.67. The summed E-state index contributed by atoms with van der Waals surface area (Å²) in [6.07, 6.45) is 2.48. The summed E-state index contributed by atoms with van der Waals surface area (Å²) in [5.74, 6) is 0.197. The van der Waals surface area contributed by atoms with Gasteiger partial charge < -0.3 is 5.32 Å². The summed E-state index contributed by atoms with van der Waals surface area (Å²) >= 11 is 0. The van der Waals surface area contributed by atoms with Gasteiger partial charge in [0.05, 0.1) is 16.9 Å². The van der Waals surface area contributed by atoms with E-state index in [2.05, 4.69) is 41.2 Å². The number of rotatable bonds is 5. The molecule has 0 saturated carbocycles. The van der Waals surface area contributed by atoms with Gasteiger partial charge in [-0.25, -0.2) is 19.0 Å². The highest BCUT2D eigenvalue weighted by atomic mass is 19.1. The number of nitrogens with one attached hydrogen (secondary N) is 1. The Bertz CT molecular complexity index is 1210. The molecule has 6 nitrogen and oxygen atoms in total. The van der Waals surface area contributed by atoms with Gasteiger partial charge in [0.25, 0.3) is 0 Å². The third-order valence-electron chi connectivity index (χ3n) is 4.58. The summed E-state index contributed by atoms with van der Waals surface area (Å²) < 4.78 is 15.2. The minimum absolute atomic E-state index is 0.0766. The molecule has 0 amide bonds. The van der Waals surface area contributed by atoms with Gasteiger partial charge in [0, 0.05) is 23.7 Å². The van der Waals surface area contributed by atoms with Crippen LogP contribution < -0.4 is 5.32 Å². The normalized spacial score (nSPS) is 11.6. The second-order valence-corrected chi connectivity index (χ2v) is 8.31. The van der Waals surface area contributed by atoms with Gasteiger partial charge in [-0.1, -0.05) is 26.8 Å². The first-order valence-corrected chi connectivity index (χ1v) is 9.65. The molecule has 0 aliphatic rings. The van der Waals surface area contributed by atoms with Crippen LogP contribution in [0.15, 0.2) is 54.7 Å². The number of benzene rings is 2. The van der Waals surface area contributed by atoms with Crippen molar-refractivity contribution < 1.29 is 9.18 Å². The van der Waals surface area contributed by atoms with Gasteiger partial charge >= 0.3 is 0 Å². The standard InChI is InChI=1S/C23H22FN5O/c1-23(2,3)14-26-22-25-11-10-19(27-22)21-18-9-4-15(13-30)12-20(18)28-29(21)17-7-5-16(24)6-8-17/h4-13H,14H2,1-3H3,(H,25,26,27). The van der Waals surface area contributed by atoms with Crippen LogP contribution in [0.3, 0.4) is 0 Å². The number of anilines is 1. The molecule has 2 aromatic heterocycles. The van der Waals surface area contributed by atoms with Gasteiger partial charge in [0.2, 0.25) is 5.95 Å². The molecule has 0 bridgehead atoms. The summed E-state index contributed by atoms with van der Waals surface area (Å²) in [7, 11) is 0. The Morgan fingerprint density at radius 2 is 1.87 bits per heavy atom. The van der Waals surface area contributed by atoms with Crippen LogP contribution in [0.25, 0.3) is 28.0 Å².